The molecule has 2 aromatic carbocycles. The van der Waals surface area contributed by atoms with Crippen LogP contribution in [0.5, 0.6) is 0 Å². The van der Waals surface area contributed by atoms with Gasteiger partial charge in [0, 0.05) is 0 Å². The number of carboxylic acid groups (broad SMARTS) is 1. The molecule has 0 radical (unpaired) electrons. The predicted octanol–water partition coefficient (Wildman–Crippen LogP) is 4.33. The molecule has 140 valence electrons. The molecular weight excluding hydrogens is 370 g/mol. The van der Waals surface area contributed by atoms with Gasteiger partial charge in [0.1, 0.15) is 6.42 Å². The normalized spacial score (nSPS) is 12.8. The average molecular weight is 380 g/mol. The van der Waals surface area contributed by atoms with E-state index in [0.717, 1.165) is 12.1 Å². The van der Waals surface area contributed by atoms with Crippen molar-refractivity contribution in [1.82, 2.24) is 0 Å². The van der Waals surface area contributed by atoms with Crippen LogP contribution >= 0.6 is 0 Å². The van der Waals surface area contributed by atoms with E-state index in [0.29, 0.717) is 10.8 Å². The van der Waals surface area contributed by atoms with Crippen molar-refractivity contribution in [2.24, 2.45) is 0 Å². The predicted molar refractivity (Wildman–Crippen MR) is 76.5 cm³/mol. The Balaban J connectivity index is 2.49. The summed E-state index contributed by atoms with van der Waals surface area (Å²) in [5, 5.41) is 9.48. The lowest BCUT2D eigenvalue weighted by Crippen LogP contribution is -2.60. The lowest BCUT2D eigenvalue weighted by atomic mass is 9.97. The molecule has 0 aromatic heterocycles. The summed E-state index contributed by atoms with van der Waals surface area (Å²) < 4.78 is 82.3. The molecule has 26 heavy (non-hydrogen) atoms. The minimum atomic E-state index is -6.18. The molecule has 0 aliphatic carbocycles. The minimum Gasteiger partial charge on any atom is -0.481 e. The molecule has 0 aliphatic heterocycles. The second-order valence-electron chi connectivity index (χ2n) is 5.34. The SMILES string of the molecule is O=C(O)CC(OC(=O)c1ccc2ccccc2c1)(C(F)(F)F)C(F)(F)F. The third-order valence-corrected chi connectivity index (χ3v) is 3.57. The number of hydrogen-bond acceptors (Lipinski definition) is 3. The first-order valence-electron chi connectivity index (χ1n) is 6.95. The van der Waals surface area contributed by atoms with Crippen LogP contribution in [0.25, 0.3) is 10.8 Å². The van der Waals surface area contributed by atoms with E-state index < -0.39 is 41.9 Å². The number of alkyl halides is 6. The zero-order valence-corrected chi connectivity index (χ0v) is 12.7. The number of ether oxygens (including phenoxy) is 1. The molecule has 0 fully saturated rings. The van der Waals surface area contributed by atoms with Gasteiger partial charge in [-0.1, -0.05) is 30.3 Å². The summed E-state index contributed by atoms with van der Waals surface area (Å²) in [7, 11) is 0. The summed E-state index contributed by atoms with van der Waals surface area (Å²) in [5.74, 6) is -4.36. The van der Waals surface area contributed by atoms with Crippen LogP contribution in [0.2, 0.25) is 0 Å². The molecule has 0 saturated heterocycles. The van der Waals surface area contributed by atoms with Crippen LogP contribution in [-0.2, 0) is 9.53 Å². The van der Waals surface area contributed by atoms with Crippen LogP contribution in [0, 0.1) is 0 Å². The largest absolute Gasteiger partial charge is 0.481 e. The van der Waals surface area contributed by atoms with E-state index >= 15 is 0 Å². The Hall–Kier alpha value is -2.78. The van der Waals surface area contributed by atoms with Crippen LogP contribution in [0.3, 0.4) is 0 Å². The van der Waals surface area contributed by atoms with Gasteiger partial charge >= 0.3 is 29.9 Å². The maximum atomic E-state index is 13.1. The maximum Gasteiger partial charge on any atom is 0.438 e. The third kappa shape index (κ3) is 3.58. The molecule has 4 nitrogen and oxygen atoms in total. The minimum absolute atomic E-state index is 0.379. The smallest absolute Gasteiger partial charge is 0.438 e. The number of carboxylic acids is 1. The van der Waals surface area contributed by atoms with Gasteiger partial charge in [0.15, 0.2) is 0 Å². The number of carbonyl (C=O) groups excluding carboxylic acids is 1. The number of benzene rings is 2. The van der Waals surface area contributed by atoms with E-state index in [-0.39, 0.29) is 0 Å². The summed E-state index contributed by atoms with van der Waals surface area (Å²) in [6, 6.07) is 9.66. The molecule has 10 heteroatoms. The Kier molecular flexibility index (Phi) is 4.89. The number of fused-ring (bicyclic) bond motifs is 1. The molecule has 0 unspecified atom stereocenters. The van der Waals surface area contributed by atoms with E-state index in [1.807, 2.05) is 0 Å². The Morgan fingerprint density at radius 3 is 1.92 bits per heavy atom. The number of aliphatic carboxylic acids is 1. The van der Waals surface area contributed by atoms with Gasteiger partial charge < -0.3 is 9.84 Å². The molecule has 2 aromatic rings. The molecule has 1 N–H and O–H groups in total. The topological polar surface area (TPSA) is 63.6 Å². The lowest BCUT2D eigenvalue weighted by molar-refractivity contribution is -0.365. The summed E-state index contributed by atoms with van der Waals surface area (Å²) in [6.45, 7) is 0. The average Bonchev–Trinajstić information content (AvgIpc) is 2.51. The van der Waals surface area contributed by atoms with Gasteiger partial charge in [-0.2, -0.15) is 26.3 Å². The second kappa shape index (κ2) is 6.50. The molecule has 0 atom stereocenters. The fourth-order valence-electron chi connectivity index (χ4n) is 2.26. The Labute approximate surface area is 142 Å². The van der Waals surface area contributed by atoms with Crippen LogP contribution in [0.1, 0.15) is 16.8 Å². The zero-order chi connectivity index (χ0) is 19.8. The van der Waals surface area contributed by atoms with Crippen molar-refractivity contribution in [3.05, 3.63) is 48.0 Å². The molecule has 0 amide bonds. The van der Waals surface area contributed by atoms with Crippen molar-refractivity contribution in [1.29, 1.82) is 0 Å². The standard InChI is InChI=1S/C16H10F6O4/c17-15(18,19)14(8-12(23)24,16(20,21)22)26-13(25)11-6-5-9-3-1-2-4-10(9)7-11/h1-7H,8H2,(H,23,24). The van der Waals surface area contributed by atoms with Crippen LogP contribution < -0.4 is 0 Å². The van der Waals surface area contributed by atoms with Crippen molar-refractivity contribution < 1.29 is 45.8 Å². The van der Waals surface area contributed by atoms with Gasteiger partial charge in [-0.05, 0) is 22.9 Å². The number of rotatable bonds is 4. The molecule has 0 heterocycles. The Morgan fingerprint density at radius 2 is 1.42 bits per heavy atom. The van der Waals surface area contributed by atoms with Gasteiger partial charge in [-0.25, -0.2) is 4.79 Å². The van der Waals surface area contributed by atoms with Gasteiger partial charge in [-0.3, -0.25) is 4.79 Å². The monoisotopic (exact) mass is 380 g/mol. The molecule has 0 saturated carbocycles. The van der Waals surface area contributed by atoms with Crippen LogP contribution in [-0.4, -0.2) is 35.0 Å². The van der Waals surface area contributed by atoms with Crippen LogP contribution in [0.15, 0.2) is 42.5 Å². The van der Waals surface area contributed by atoms with Crippen molar-refractivity contribution in [2.75, 3.05) is 0 Å². The molecule has 0 spiro atoms. The number of hydrogen-bond donors (Lipinski definition) is 1. The first-order chi connectivity index (χ1) is 11.9. The third-order valence-electron chi connectivity index (χ3n) is 3.57. The quantitative estimate of drug-likeness (QED) is 0.633. The lowest BCUT2D eigenvalue weighted by Gasteiger charge is -2.35. The van der Waals surface area contributed by atoms with Crippen molar-refractivity contribution in [3.63, 3.8) is 0 Å². The highest BCUT2D eigenvalue weighted by molar-refractivity contribution is 5.95. The van der Waals surface area contributed by atoms with Gasteiger partial charge in [0.25, 0.3) is 0 Å². The molecule has 0 bridgehead atoms. The zero-order valence-electron chi connectivity index (χ0n) is 12.7. The number of carbonyl (C=O) groups is 2. The van der Waals surface area contributed by atoms with E-state index in [1.54, 1.807) is 18.2 Å². The summed E-state index contributed by atoms with van der Waals surface area (Å²) in [4.78, 5) is 22.6. The highest BCUT2D eigenvalue weighted by Crippen LogP contribution is 2.48. The number of halogens is 6. The van der Waals surface area contributed by atoms with E-state index in [1.165, 1.54) is 12.1 Å². The van der Waals surface area contributed by atoms with Gasteiger partial charge in [0.05, 0.1) is 5.56 Å². The fraction of sp³-hybridized carbons (Fsp3) is 0.250. The van der Waals surface area contributed by atoms with Crippen molar-refractivity contribution >= 4 is 22.7 Å². The highest BCUT2D eigenvalue weighted by atomic mass is 19.4. The second-order valence-corrected chi connectivity index (χ2v) is 5.34. The Bertz CT molecular complexity index is 826. The first-order valence-corrected chi connectivity index (χ1v) is 6.95. The van der Waals surface area contributed by atoms with E-state index in [2.05, 4.69) is 4.74 Å². The van der Waals surface area contributed by atoms with Crippen LogP contribution in [0.4, 0.5) is 26.3 Å². The van der Waals surface area contributed by atoms with Crippen molar-refractivity contribution in [2.45, 2.75) is 24.4 Å². The van der Waals surface area contributed by atoms with E-state index in [9.17, 15) is 35.9 Å². The van der Waals surface area contributed by atoms with Gasteiger partial charge in [-0.15, -0.1) is 0 Å². The number of esters is 1. The first kappa shape index (κ1) is 19.5. The summed E-state index contributed by atoms with van der Waals surface area (Å²) in [6.07, 6.45) is -14.9. The maximum absolute atomic E-state index is 13.1. The summed E-state index contributed by atoms with van der Waals surface area (Å²) >= 11 is 0. The van der Waals surface area contributed by atoms with E-state index in [4.69, 9.17) is 5.11 Å². The molecular formula is C16H10F6O4. The summed E-state index contributed by atoms with van der Waals surface area (Å²) in [5.41, 5.74) is -5.74. The molecule has 2 rings (SSSR count). The molecule has 0 aliphatic rings. The van der Waals surface area contributed by atoms with Gasteiger partial charge in [0.2, 0.25) is 0 Å². The Morgan fingerprint density at radius 1 is 0.885 bits per heavy atom. The highest BCUT2D eigenvalue weighted by Gasteiger charge is 2.75. The van der Waals surface area contributed by atoms with Crippen molar-refractivity contribution in [3.8, 4) is 0 Å². The fourth-order valence-corrected chi connectivity index (χ4v) is 2.26.